The minimum atomic E-state index is -4.33. The average Bonchev–Trinajstić information content (AvgIpc) is 2.39. The summed E-state index contributed by atoms with van der Waals surface area (Å²) < 4.78 is 37.7. The molecule has 0 atom stereocenters. The molecule has 0 saturated heterocycles. The fourth-order valence-corrected chi connectivity index (χ4v) is 1.71. The molecular weight excluding hydrogens is 267 g/mol. The molecule has 0 fully saturated rings. The smallest absolute Gasteiger partial charge is 0.397 e. The topological polar surface area (TPSA) is 50.9 Å². The van der Waals surface area contributed by atoms with Crippen LogP contribution in [0.15, 0.2) is 36.5 Å². The highest BCUT2D eigenvalue weighted by molar-refractivity contribution is 5.51. The summed E-state index contributed by atoms with van der Waals surface area (Å²) in [6.07, 6.45) is -2.81. The van der Waals surface area contributed by atoms with E-state index >= 15 is 0 Å². The predicted octanol–water partition coefficient (Wildman–Crippen LogP) is 3.60. The fourth-order valence-electron chi connectivity index (χ4n) is 1.71. The van der Waals surface area contributed by atoms with E-state index in [9.17, 15) is 13.2 Å². The van der Waals surface area contributed by atoms with Crippen molar-refractivity contribution < 1.29 is 13.2 Å². The second kappa shape index (κ2) is 5.40. The van der Waals surface area contributed by atoms with Crippen LogP contribution in [0.25, 0.3) is 0 Å². The monoisotopic (exact) mass is 281 g/mol. The average molecular weight is 281 g/mol. The number of nitrogens with two attached hydrogens (primary N) is 1. The second-order valence-corrected chi connectivity index (χ2v) is 4.48. The molecule has 3 N–H and O–H groups in total. The zero-order chi connectivity index (χ0) is 14.8. The van der Waals surface area contributed by atoms with Crippen LogP contribution < -0.4 is 11.1 Å². The third-order valence-electron chi connectivity index (χ3n) is 2.88. The molecule has 0 radical (unpaired) electrons. The molecule has 6 heteroatoms. The summed E-state index contributed by atoms with van der Waals surface area (Å²) in [6.45, 7) is 2.10. The van der Waals surface area contributed by atoms with Crippen LogP contribution in [0.3, 0.4) is 0 Å². The van der Waals surface area contributed by atoms with Crippen molar-refractivity contribution in [1.82, 2.24) is 4.98 Å². The number of benzene rings is 1. The van der Waals surface area contributed by atoms with Gasteiger partial charge in [0.1, 0.15) is 5.82 Å². The number of halogens is 3. The maximum absolute atomic E-state index is 12.6. The summed E-state index contributed by atoms with van der Waals surface area (Å²) in [4.78, 5) is 4.07. The van der Waals surface area contributed by atoms with E-state index < -0.39 is 11.7 Å². The van der Waals surface area contributed by atoms with Crippen molar-refractivity contribution in [1.29, 1.82) is 0 Å². The molecule has 0 spiro atoms. The highest BCUT2D eigenvalue weighted by atomic mass is 19.4. The van der Waals surface area contributed by atoms with Gasteiger partial charge >= 0.3 is 6.18 Å². The predicted molar refractivity (Wildman–Crippen MR) is 72.2 cm³/mol. The third kappa shape index (κ3) is 3.40. The number of nitrogen functional groups attached to an aromatic ring is 1. The van der Waals surface area contributed by atoms with Gasteiger partial charge in [0.25, 0.3) is 0 Å². The van der Waals surface area contributed by atoms with Crippen LogP contribution in [0, 0.1) is 6.92 Å². The molecule has 0 saturated carbocycles. The minimum absolute atomic E-state index is 0.264. The molecule has 1 aromatic carbocycles. The molecule has 2 aromatic rings. The van der Waals surface area contributed by atoms with Gasteiger partial charge in [-0.2, -0.15) is 13.2 Å². The van der Waals surface area contributed by atoms with Gasteiger partial charge in [-0.25, -0.2) is 4.98 Å². The molecule has 0 aliphatic carbocycles. The largest absolute Gasteiger partial charge is 0.416 e. The molecule has 1 heterocycles. The summed E-state index contributed by atoms with van der Waals surface area (Å²) >= 11 is 0. The maximum atomic E-state index is 12.6. The molecule has 1 aromatic heterocycles. The van der Waals surface area contributed by atoms with E-state index in [2.05, 4.69) is 10.3 Å². The summed E-state index contributed by atoms with van der Waals surface area (Å²) in [6, 6.07) is 6.95. The van der Waals surface area contributed by atoms with E-state index in [-0.39, 0.29) is 6.54 Å². The summed E-state index contributed by atoms with van der Waals surface area (Å²) in [5, 5.41) is 2.97. The van der Waals surface area contributed by atoms with Crippen molar-refractivity contribution in [3.63, 3.8) is 0 Å². The van der Waals surface area contributed by atoms with Gasteiger partial charge in [0.15, 0.2) is 0 Å². The SMILES string of the molecule is Cc1cc(NCc2cccc(C(F)(F)F)c2)ncc1N. The van der Waals surface area contributed by atoms with E-state index in [1.54, 1.807) is 12.1 Å². The van der Waals surface area contributed by atoms with Crippen LogP contribution in [0.4, 0.5) is 24.7 Å². The Morgan fingerprint density at radius 2 is 2.00 bits per heavy atom. The fraction of sp³-hybridized carbons (Fsp3) is 0.214. The molecule has 0 unspecified atom stereocenters. The van der Waals surface area contributed by atoms with Gasteiger partial charge in [0, 0.05) is 6.54 Å². The lowest BCUT2D eigenvalue weighted by Gasteiger charge is -2.10. The van der Waals surface area contributed by atoms with Crippen LogP contribution in [-0.4, -0.2) is 4.98 Å². The van der Waals surface area contributed by atoms with E-state index in [1.807, 2.05) is 6.92 Å². The molecule has 3 nitrogen and oxygen atoms in total. The standard InChI is InChI=1S/C14H14F3N3/c1-9-5-13(20-8-12(9)18)19-7-10-3-2-4-11(6-10)14(15,16)17/h2-6,8H,7,18H2,1H3,(H,19,20). The van der Waals surface area contributed by atoms with Crippen LogP contribution in [0.2, 0.25) is 0 Å². The van der Waals surface area contributed by atoms with Crippen LogP contribution in [-0.2, 0) is 12.7 Å². The summed E-state index contributed by atoms with van der Waals surface area (Å²) in [7, 11) is 0. The molecule has 20 heavy (non-hydrogen) atoms. The molecule has 0 aliphatic heterocycles. The normalized spacial score (nSPS) is 11.4. The quantitative estimate of drug-likeness (QED) is 0.903. The van der Waals surface area contributed by atoms with Crippen molar-refractivity contribution in [2.45, 2.75) is 19.6 Å². The summed E-state index contributed by atoms with van der Waals surface area (Å²) in [5.41, 5.74) is 6.98. The van der Waals surface area contributed by atoms with E-state index in [4.69, 9.17) is 5.73 Å². The second-order valence-electron chi connectivity index (χ2n) is 4.48. The Balaban J connectivity index is 2.09. The number of rotatable bonds is 3. The van der Waals surface area contributed by atoms with Crippen LogP contribution >= 0.6 is 0 Å². The van der Waals surface area contributed by atoms with Crippen LogP contribution in [0.5, 0.6) is 0 Å². The van der Waals surface area contributed by atoms with Gasteiger partial charge in [-0.15, -0.1) is 0 Å². The van der Waals surface area contributed by atoms with Gasteiger partial charge in [0.2, 0.25) is 0 Å². The number of aromatic nitrogens is 1. The molecule has 0 bridgehead atoms. The van der Waals surface area contributed by atoms with Crippen molar-refractivity contribution in [2.75, 3.05) is 11.1 Å². The Morgan fingerprint density at radius 3 is 2.65 bits per heavy atom. The Morgan fingerprint density at radius 1 is 1.25 bits per heavy atom. The van der Waals surface area contributed by atoms with Crippen molar-refractivity contribution in [3.8, 4) is 0 Å². The van der Waals surface area contributed by atoms with E-state index in [0.717, 1.165) is 17.7 Å². The first kappa shape index (κ1) is 14.2. The van der Waals surface area contributed by atoms with Crippen molar-refractivity contribution in [3.05, 3.63) is 53.2 Å². The van der Waals surface area contributed by atoms with Gasteiger partial charge in [-0.3, -0.25) is 0 Å². The Bertz CT molecular complexity index is 609. The highest BCUT2D eigenvalue weighted by Crippen LogP contribution is 2.29. The summed E-state index contributed by atoms with van der Waals surface area (Å²) in [5.74, 6) is 0.578. The first-order valence-corrected chi connectivity index (χ1v) is 5.98. The Labute approximate surface area is 114 Å². The number of anilines is 2. The number of nitrogens with zero attached hydrogens (tertiary/aromatic N) is 1. The van der Waals surface area contributed by atoms with Gasteiger partial charge in [-0.05, 0) is 36.2 Å². The lowest BCUT2D eigenvalue weighted by Crippen LogP contribution is -2.07. The maximum Gasteiger partial charge on any atom is 0.416 e. The lowest BCUT2D eigenvalue weighted by molar-refractivity contribution is -0.137. The number of alkyl halides is 3. The number of nitrogens with one attached hydrogen (secondary N) is 1. The lowest BCUT2D eigenvalue weighted by atomic mass is 10.1. The molecule has 0 amide bonds. The van der Waals surface area contributed by atoms with E-state index in [1.165, 1.54) is 12.3 Å². The number of aryl methyl sites for hydroxylation is 1. The Kier molecular flexibility index (Phi) is 3.83. The molecule has 0 aliphatic rings. The Hall–Kier alpha value is -2.24. The van der Waals surface area contributed by atoms with Gasteiger partial charge < -0.3 is 11.1 Å². The van der Waals surface area contributed by atoms with E-state index in [0.29, 0.717) is 17.1 Å². The first-order valence-electron chi connectivity index (χ1n) is 5.98. The van der Waals surface area contributed by atoms with Crippen LogP contribution in [0.1, 0.15) is 16.7 Å². The number of hydrogen-bond acceptors (Lipinski definition) is 3. The van der Waals surface area contributed by atoms with Crippen molar-refractivity contribution in [2.24, 2.45) is 0 Å². The molecule has 2 rings (SSSR count). The molecular formula is C14H14F3N3. The zero-order valence-electron chi connectivity index (χ0n) is 10.8. The number of pyridine rings is 1. The van der Waals surface area contributed by atoms with Gasteiger partial charge in [-0.1, -0.05) is 12.1 Å². The molecule has 106 valence electrons. The first-order chi connectivity index (χ1) is 9.36. The number of hydrogen-bond donors (Lipinski definition) is 2. The highest BCUT2D eigenvalue weighted by Gasteiger charge is 2.30. The minimum Gasteiger partial charge on any atom is -0.397 e. The zero-order valence-corrected chi connectivity index (χ0v) is 10.8. The third-order valence-corrected chi connectivity index (χ3v) is 2.88. The van der Waals surface area contributed by atoms with Crippen molar-refractivity contribution >= 4 is 11.5 Å². The van der Waals surface area contributed by atoms with Gasteiger partial charge in [0.05, 0.1) is 17.4 Å².